The quantitative estimate of drug-likeness (QED) is 0.0673. The van der Waals surface area contributed by atoms with Gasteiger partial charge in [-0.05, 0) is 54.8 Å². The number of fused-ring (bicyclic) bond motifs is 1. The zero-order valence-corrected chi connectivity index (χ0v) is 29.6. The number of unbranched alkanes of at least 4 members (excludes halogenated alkanes) is 1. The first-order valence-electron chi connectivity index (χ1n) is 16.2. The van der Waals surface area contributed by atoms with Crippen molar-refractivity contribution in [1.29, 1.82) is 0 Å². The van der Waals surface area contributed by atoms with Crippen LogP contribution in [-0.2, 0) is 23.2 Å². The van der Waals surface area contributed by atoms with Gasteiger partial charge in [-0.2, -0.15) is 4.57 Å². The highest BCUT2D eigenvalue weighted by atomic mass is 32.2. The van der Waals surface area contributed by atoms with Crippen LogP contribution in [0.2, 0.25) is 0 Å². The lowest BCUT2D eigenvalue weighted by atomic mass is 9.99. The number of hydrogen-bond donors (Lipinski definition) is 0. The lowest BCUT2D eigenvalue weighted by molar-refractivity contribution is -0.683. The summed E-state index contributed by atoms with van der Waals surface area (Å²) in [5, 5.41) is 0.912. The number of benzene rings is 3. The first-order chi connectivity index (χ1) is 23.8. The molecule has 1 aliphatic heterocycles. The molecule has 3 aromatic carbocycles. The zero-order chi connectivity index (χ0) is 34.4. The average molecular weight is 708 g/mol. The van der Waals surface area contributed by atoms with Crippen LogP contribution in [0.25, 0.3) is 39.4 Å². The van der Waals surface area contributed by atoms with E-state index in [4.69, 9.17) is 0 Å². The summed E-state index contributed by atoms with van der Waals surface area (Å²) in [6.07, 6.45) is 12.6. The normalized spacial score (nSPS) is 14.5. The van der Waals surface area contributed by atoms with E-state index in [1.54, 1.807) is 22.0 Å². The largest absolute Gasteiger partial charge is 0.748 e. The highest BCUT2D eigenvalue weighted by Crippen LogP contribution is 2.36. The van der Waals surface area contributed by atoms with E-state index >= 15 is 0 Å². The summed E-state index contributed by atoms with van der Waals surface area (Å²) in [7, 11) is -4.31. The number of para-hydroxylation sites is 1. The van der Waals surface area contributed by atoms with Crippen LogP contribution in [0, 0.1) is 0 Å². The predicted molar refractivity (Wildman–Crippen MR) is 202 cm³/mol. The minimum absolute atomic E-state index is 0.0911. The molecule has 0 N–H and O–H groups in total. The Hall–Kier alpha value is -4.61. The van der Waals surface area contributed by atoms with Crippen LogP contribution < -0.4 is 24.2 Å². The molecule has 0 aliphatic carbocycles. The van der Waals surface area contributed by atoms with E-state index in [0.29, 0.717) is 24.0 Å². The van der Waals surface area contributed by atoms with Crippen LogP contribution >= 0.6 is 22.7 Å². The molecule has 10 heteroatoms. The second-order valence-corrected chi connectivity index (χ2v) is 15.1. The number of nitrogens with zero attached hydrogens (tertiary/aromatic N) is 3. The monoisotopic (exact) mass is 707 g/mol. The molecule has 0 saturated carbocycles. The Bertz CT molecular complexity index is 2320. The van der Waals surface area contributed by atoms with Gasteiger partial charge in [0, 0.05) is 48.3 Å². The van der Waals surface area contributed by atoms with Crippen molar-refractivity contribution in [3.05, 3.63) is 146 Å². The van der Waals surface area contributed by atoms with Gasteiger partial charge in [-0.1, -0.05) is 90.2 Å². The molecule has 1 aliphatic rings. The molecule has 0 radical (unpaired) electrons. The molecule has 0 fully saturated rings. The maximum Gasteiger partial charge on any atom is 0.269 e. The number of aromatic nitrogens is 2. The second kappa shape index (κ2) is 15.3. The van der Waals surface area contributed by atoms with Gasteiger partial charge >= 0.3 is 0 Å². The molecule has 0 atom stereocenters. The van der Waals surface area contributed by atoms with Crippen molar-refractivity contribution in [2.45, 2.75) is 32.9 Å². The van der Waals surface area contributed by atoms with E-state index in [-0.39, 0.29) is 12.0 Å². The van der Waals surface area contributed by atoms with Gasteiger partial charge < -0.3 is 9.45 Å². The van der Waals surface area contributed by atoms with Crippen molar-refractivity contribution in [2.24, 2.45) is 0 Å². The Kier molecular flexibility index (Phi) is 10.7. The standard InChI is InChI=1S/C39H37N3O4S3/c1-3-24-42-36(47-34(39(42)43)22-21-29-23-26-40(4-2)33-20-12-11-19-32(29)33)28-35-41(25-13-14-27-49(44,45)46)37(30-15-7-5-8-16-30)38(48-35)31-17-9-6-10-18-31/h3,5-12,15-23,26,28H,1,4,13-14,24-25,27H2,2H3/b29-21-,34-22+. The zero-order valence-electron chi connectivity index (χ0n) is 27.2. The van der Waals surface area contributed by atoms with Crippen molar-refractivity contribution >= 4 is 56.2 Å². The Morgan fingerprint density at radius 3 is 2.29 bits per heavy atom. The molecule has 3 heterocycles. The minimum atomic E-state index is -4.31. The van der Waals surface area contributed by atoms with Crippen LogP contribution in [0.15, 0.2) is 121 Å². The van der Waals surface area contributed by atoms with E-state index in [1.807, 2.05) is 66.8 Å². The first kappa shape index (κ1) is 34.3. The van der Waals surface area contributed by atoms with Gasteiger partial charge in [-0.15, -0.1) is 17.9 Å². The summed E-state index contributed by atoms with van der Waals surface area (Å²) in [6, 6.07) is 28.5. The average Bonchev–Trinajstić information content (AvgIpc) is 3.62. The Balaban J connectivity index is 1.52. The molecule has 0 amide bonds. The van der Waals surface area contributed by atoms with Crippen LogP contribution in [0.3, 0.4) is 0 Å². The predicted octanol–water partition coefficient (Wildman–Crippen LogP) is 6.15. The smallest absolute Gasteiger partial charge is 0.269 e. The van der Waals surface area contributed by atoms with Gasteiger partial charge in [-0.25, -0.2) is 8.42 Å². The Morgan fingerprint density at radius 2 is 1.59 bits per heavy atom. The van der Waals surface area contributed by atoms with Crippen LogP contribution in [0.1, 0.15) is 30.3 Å². The highest BCUT2D eigenvalue weighted by molar-refractivity contribution is 7.85. The fourth-order valence-corrected chi connectivity index (χ4v) is 8.83. The summed E-state index contributed by atoms with van der Waals surface area (Å²) < 4.78 is 39.5. The van der Waals surface area contributed by atoms with Gasteiger partial charge in [0.25, 0.3) is 10.6 Å². The highest BCUT2D eigenvalue weighted by Gasteiger charge is 2.28. The lowest BCUT2D eigenvalue weighted by Crippen LogP contribution is -2.38. The second-order valence-electron chi connectivity index (χ2n) is 11.5. The van der Waals surface area contributed by atoms with Crippen molar-refractivity contribution in [3.8, 4) is 21.7 Å². The molecule has 2 aromatic heterocycles. The summed E-state index contributed by atoms with van der Waals surface area (Å²) >= 11 is 3.05. The summed E-state index contributed by atoms with van der Waals surface area (Å²) in [5.74, 6) is -0.405. The van der Waals surface area contributed by atoms with E-state index in [1.165, 1.54) is 11.3 Å². The molecule has 0 spiro atoms. The topological polar surface area (TPSA) is 86.3 Å². The maximum atomic E-state index is 13.8. The Labute approximate surface area is 294 Å². The fraction of sp³-hybridized carbons (Fsp3) is 0.179. The van der Waals surface area contributed by atoms with E-state index in [2.05, 4.69) is 71.6 Å². The molecule has 0 saturated heterocycles. The number of hydrogen-bond acceptors (Lipinski definition) is 7. The van der Waals surface area contributed by atoms with Crippen molar-refractivity contribution in [3.63, 3.8) is 0 Å². The number of allylic oxidation sites excluding steroid dienone is 4. The van der Waals surface area contributed by atoms with Gasteiger partial charge in [0.1, 0.15) is 9.54 Å². The molecule has 49 heavy (non-hydrogen) atoms. The SMILES string of the molecule is C=CCn1c(=O)/c(=C\C=C2\C=CN(CC)c3ccccc32)s/c1=C\c1sc(-c2ccccc2)c(-c2ccccc2)[n+]1CCCCS(=O)(=O)[O-]. The summed E-state index contributed by atoms with van der Waals surface area (Å²) in [4.78, 5) is 17.1. The van der Waals surface area contributed by atoms with Crippen LogP contribution in [0.4, 0.5) is 5.69 Å². The molecule has 0 unspecified atom stereocenters. The third-order valence-electron chi connectivity index (χ3n) is 8.28. The molecular formula is C39H37N3O4S3. The van der Waals surface area contributed by atoms with E-state index in [9.17, 15) is 17.8 Å². The number of thiazole rings is 2. The molecule has 7 nitrogen and oxygen atoms in total. The van der Waals surface area contributed by atoms with Crippen LogP contribution in [-0.4, -0.2) is 29.8 Å². The van der Waals surface area contributed by atoms with Crippen LogP contribution in [0.5, 0.6) is 0 Å². The fourth-order valence-electron chi connectivity index (χ4n) is 5.95. The third-order valence-corrected chi connectivity index (χ3v) is 11.3. The third kappa shape index (κ3) is 7.84. The van der Waals surface area contributed by atoms with Crippen molar-refractivity contribution in [2.75, 3.05) is 17.2 Å². The van der Waals surface area contributed by atoms with Gasteiger partial charge in [-0.3, -0.25) is 9.36 Å². The summed E-state index contributed by atoms with van der Waals surface area (Å²) in [5.41, 5.74) is 6.27. The minimum Gasteiger partial charge on any atom is -0.748 e. The van der Waals surface area contributed by atoms with E-state index < -0.39 is 15.9 Å². The maximum absolute atomic E-state index is 13.8. The molecule has 5 aromatic rings. The number of rotatable bonds is 12. The molecular weight excluding hydrogens is 671 g/mol. The number of anilines is 1. The van der Waals surface area contributed by atoms with Gasteiger partial charge in [0.15, 0.2) is 6.54 Å². The molecule has 6 rings (SSSR count). The van der Waals surface area contributed by atoms with Gasteiger partial charge in [0.2, 0.25) is 5.69 Å². The molecule has 0 bridgehead atoms. The molecule has 250 valence electrons. The lowest BCUT2D eigenvalue weighted by Gasteiger charge is -2.26. The van der Waals surface area contributed by atoms with E-state index in [0.717, 1.165) is 54.7 Å². The van der Waals surface area contributed by atoms with Crippen molar-refractivity contribution in [1.82, 2.24) is 4.57 Å². The van der Waals surface area contributed by atoms with Crippen molar-refractivity contribution < 1.29 is 17.5 Å². The van der Waals surface area contributed by atoms with Gasteiger partial charge in [0.05, 0.1) is 20.7 Å². The Morgan fingerprint density at radius 1 is 0.898 bits per heavy atom. The summed E-state index contributed by atoms with van der Waals surface area (Å²) in [6.45, 7) is 7.74. The first-order valence-corrected chi connectivity index (χ1v) is 19.4.